The van der Waals surface area contributed by atoms with Gasteiger partial charge in [0.15, 0.2) is 5.65 Å². The highest BCUT2D eigenvalue weighted by Gasteiger charge is 2.21. The summed E-state index contributed by atoms with van der Waals surface area (Å²) in [6.07, 6.45) is 2.85. The molecule has 0 aliphatic heterocycles. The van der Waals surface area contributed by atoms with Crippen molar-refractivity contribution >= 4 is 28.6 Å². The summed E-state index contributed by atoms with van der Waals surface area (Å²) in [6, 6.07) is 0. The van der Waals surface area contributed by atoms with Crippen LogP contribution in [0.1, 0.15) is 10.4 Å². The molecule has 2 rings (SSSR count). The molecule has 21 heavy (non-hydrogen) atoms. The van der Waals surface area contributed by atoms with E-state index in [1.54, 1.807) is 44.0 Å². The molecule has 0 aromatic carbocycles. The molecule has 2 heterocycles. The predicted molar refractivity (Wildman–Crippen MR) is 77.4 cm³/mol. The molecule has 0 atom stereocenters. The molecular weight excluding hydrogens is 274 g/mol. The van der Waals surface area contributed by atoms with Crippen LogP contribution in [0.5, 0.6) is 0 Å². The number of aryl methyl sites for hydroxylation is 1. The average molecular weight is 291 g/mol. The molecule has 0 spiro atoms. The summed E-state index contributed by atoms with van der Waals surface area (Å²) < 4.78 is 1.56. The molecule has 8 heteroatoms. The quantitative estimate of drug-likeness (QED) is 0.864. The number of carboxylic acid groups (broad SMARTS) is 1. The second-order valence-electron chi connectivity index (χ2n) is 4.98. The Balaban J connectivity index is 2.56. The van der Waals surface area contributed by atoms with Gasteiger partial charge >= 0.3 is 5.97 Å². The number of likely N-dealkylation sites (N-methyl/N-ethyl adjacent to an activating group) is 2. The second-order valence-corrected chi connectivity index (χ2v) is 4.98. The van der Waals surface area contributed by atoms with Crippen molar-refractivity contribution in [3.8, 4) is 0 Å². The fourth-order valence-corrected chi connectivity index (χ4v) is 2.07. The number of nitrogens with zero attached hydrogens (tertiary/aromatic N) is 5. The van der Waals surface area contributed by atoms with Crippen molar-refractivity contribution in [1.82, 2.24) is 19.7 Å². The summed E-state index contributed by atoms with van der Waals surface area (Å²) in [7, 11) is 6.71. The maximum Gasteiger partial charge on any atom is 0.339 e. The van der Waals surface area contributed by atoms with Gasteiger partial charge in [0.25, 0.3) is 0 Å². The van der Waals surface area contributed by atoms with E-state index >= 15 is 0 Å². The zero-order chi connectivity index (χ0) is 15.7. The lowest BCUT2D eigenvalue weighted by molar-refractivity contribution is -0.127. The number of rotatable bonds is 4. The van der Waals surface area contributed by atoms with E-state index in [9.17, 15) is 14.7 Å². The first-order valence-corrected chi connectivity index (χ1v) is 6.28. The largest absolute Gasteiger partial charge is 0.478 e. The van der Waals surface area contributed by atoms with E-state index in [0.29, 0.717) is 16.7 Å². The highest BCUT2D eigenvalue weighted by molar-refractivity contribution is 6.04. The molecule has 2 aromatic rings. The minimum absolute atomic E-state index is 0.0459. The summed E-state index contributed by atoms with van der Waals surface area (Å²) in [5.41, 5.74) is 1.06. The van der Waals surface area contributed by atoms with Gasteiger partial charge in [-0.05, 0) is 0 Å². The number of carboxylic acids is 1. The number of fused-ring (bicyclic) bond motifs is 1. The summed E-state index contributed by atoms with van der Waals surface area (Å²) in [6.45, 7) is 0.0707. The van der Waals surface area contributed by atoms with Crippen molar-refractivity contribution in [2.45, 2.75) is 0 Å². The number of aromatic nitrogens is 3. The maximum atomic E-state index is 11.8. The van der Waals surface area contributed by atoms with Gasteiger partial charge in [-0.2, -0.15) is 5.10 Å². The van der Waals surface area contributed by atoms with Crippen molar-refractivity contribution in [2.24, 2.45) is 7.05 Å². The lowest BCUT2D eigenvalue weighted by Gasteiger charge is -2.23. The Morgan fingerprint density at radius 2 is 1.95 bits per heavy atom. The van der Waals surface area contributed by atoms with Crippen molar-refractivity contribution in [2.75, 3.05) is 32.6 Å². The van der Waals surface area contributed by atoms with Gasteiger partial charge in [-0.15, -0.1) is 0 Å². The van der Waals surface area contributed by atoms with Crippen LogP contribution in [-0.2, 0) is 11.8 Å². The number of anilines is 1. The van der Waals surface area contributed by atoms with E-state index in [2.05, 4.69) is 10.1 Å². The third-order valence-corrected chi connectivity index (χ3v) is 3.22. The van der Waals surface area contributed by atoms with Crippen LogP contribution in [0.4, 0.5) is 5.69 Å². The minimum Gasteiger partial charge on any atom is -0.478 e. The normalized spacial score (nSPS) is 10.7. The van der Waals surface area contributed by atoms with Crippen molar-refractivity contribution in [3.05, 3.63) is 18.0 Å². The van der Waals surface area contributed by atoms with Gasteiger partial charge in [-0.3, -0.25) is 9.48 Å². The minimum atomic E-state index is -1.09. The number of pyridine rings is 1. The standard InChI is InChI=1S/C13H17N5O3/c1-16(2)10(19)7-17(3)11-8-6-15-18(4)12(8)14-5-9(11)13(20)21/h5-6H,7H2,1-4H3,(H,20,21). The Labute approximate surface area is 121 Å². The highest BCUT2D eigenvalue weighted by Crippen LogP contribution is 2.28. The van der Waals surface area contributed by atoms with Gasteiger partial charge < -0.3 is 14.9 Å². The van der Waals surface area contributed by atoms with E-state index in [-0.39, 0.29) is 18.0 Å². The molecule has 1 N–H and O–H groups in total. The predicted octanol–water partition coefficient (Wildman–Crippen LogP) is 0.191. The molecule has 0 bridgehead atoms. The molecule has 0 aliphatic carbocycles. The first kappa shape index (κ1) is 14.8. The lowest BCUT2D eigenvalue weighted by atomic mass is 10.1. The Bertz CT molecular complexity index is 707. The first-order valence-electron chi connectivity index (χ1n) is 6.28. The summed E-state index contributed by atoms with van der Waals surface area (Å²) in [5.74, 6) is -1.21. The second kappa shape index (κ2) is 5.39. The van der Waals surface area contributed by atoms with Crippen molar-refractivity contribution < 1.29 is 14.7 Å². The van der Waals surface area contributed by atoms with Crippen LogP contribution in [0, 0.1) is 0 Å². The van der Waals surface area contributed by atoms with Gasteiger partial charge in [-0.1, -0.05) is 0 Å². The van der Waals surface area contributed by atoms with Crippen molar-refractivity contribution in [1.29, 1.82) is 0 Å². The molecule has 0 aliphatic rings. The van der Waals surface area contributed by atoms with Crippen LogP contribution in [0.3, 0.4) is 0 Å². The number of amides is 1. The van der Waals surface area contributed by atoms with Crippen LogP contribution < -0.4 is 4.90 Å². The number of carbonyl (C=O) groups excluding carboxylic acids is 1. The monoisotopic (exact) mass is 291 g/mol. The number of aromatic carboxylic acids is 1. The topological polar surface area (TPSA) is 91.6 Å². The Hall–Kier alpha value is -2.64. The molecule has 112 valence electrons. The smallest absolute Gasteiger partial charge is 0.339 e. The fourth-order valence-electron chi connectivity index (χ4n) is 2.07. The summed E-state index contributed by atoms with van der Waals surface area (Å²) in [5, 5.41) is 14.0. The molecule has 0 fully saturated rings. The van der Waals surface area contributed by atoms with Crippen LogP contribution in [0.25, 0.3) is 11.0 Å². The zero-order valence-electron chi connectivity index (χ0n) is 12.4. The molecule has 0 unspecified atom stereocenters. The fraction of sp³-hybridized carbons (Fsp3) is 0.385. The van der Waals surface area contributed by atoms with E-state index in [0.717, 1.165) is 0 Å². The van der Waals surface area contributed by atoms with E-state index in [1.165, 1.54) is 11.1 Å². The highest BCUT2D eigenvalue weighted by atomic mass is 16.4. The van der Waals surface area contributed by atoms with E-state index < -0.39 is 5.97 Å². The van der Waals surface area contributed by atoms with Crippen molar-refractivity contribution in [3.63, 3.8) is 0 Å². The number of hydrogen-bond acceptors (Lipinski definition) is 5. The third kappa shape index (κ3) is 2.64. The molecule has 2 aromatic heterocycles. The maximum absolute atomic E-state index is 11.8. The van der Waals surface area contributed by atoms with Crippen LogP contribution in [-0.4, -0.2) is 64.3 Å². The van der Waals surface area contributed by atoms with Gasteiger partial charge in [0.1, 0.15) is 5.56 Å². The molecule has 0 saturated carbocycles. The summed E-state index contributed by atoms with van der Waals surface area (Å²) >= 11 is 0. The summed E-state index contributed by atoms with van der Waals surface area (Å²) in [4.78, 5) is 30.4. The molecule has 1 amide bonds. The average Bonchev–Trinajstić information content (AvgIpc) is 2.79. The first-order chi connectivity index (χ1) is 9.82. The van der Waals surface area contributed by atoms with Gasteiger partial charge in [0.2, 0.25) is 5.91 Å². The molecule has 0 saturated heterocycles. The number of hydrogen-bond donors (Lipinski definition) is 1. The molecular formula is C13H17N5O3. The Morgan fingerprint density at radius 1 is 1.29 bits per heavy atom. The Morgan fingerprint density at radius 3 is 2.52 bits per heavy atom. The zero-order valence-corrected chi connectivity index (χ0v) is 12.4. The van der Waals surface area contributed by atoms with Gasteiger partial charge in [-0.25, -0.2) is 9.78 Å². The van der Waals surface area contributed by atoms with E-state index in [1.807, 2.05) is 0 Å². The molecule has 8 nitrogen and oxygen atoms in total. The van der Waals surface area contributed by atoms with E-state index in [4.69, 9.17) is 0 Å². The van der Waals surface area contributed by atoms with Crippen LogP contribution >= 0.6 is 0 Å². The van der Waals surface area contributed by atoms with Crippen LogP contribution in [0.15, 0.2) is 12.4 Å². The Kier molecular flexibility index (Phi) is 3.79. The lowest BCUT2D eigenvalue weighted by Crippen LogP contribution is -2.35. The number of carbonyl (C=O) groups is 2. The third-order valence-electron chi connectivity index (χ3n) is 3.22. The SMILES string of the molecule is CN(C)C(=O)CN(C)c1c(C(=O)O)cnc2c1cnn2C. The van der Waals surface area contributed by atoms with Gasteiger partial charge in [0.05, 0.1) is 23.8 Å². The van der Waals surface area contributed by atoms with Crippen LogP contribution in [0.2, 0.25) is 0 Å². The van der Waals surface area contributed by atoms with Gasteiger partial charge in [0, 0.05) is 34.4 Å². The molecule has 0 radical (unpaired) electrons.